The molecule has 0 radical (unpaired) electrons. The maximum absolute atomic E-state index is 11.6. The van der Waals surface area contributed by atoms with Crippen LogP contribution in [-0.2, 0) is 32.2 Å². The van der Waals surface area contributed by atoms with Crippen molar-refractivity contribution >= 4 is 54.8 Å². The molecule has 2 N–H and O–H groups in total. The van der Waals surface area contributed by atoms with Crippen molar-refractivity contribution in [2.45, 2.75) is 26.3 Å². The maximum Gasteiger partial charge on any atom is 0.301 e. The van der Waals surface area contributed by atoms with Gasteiger partial charge in [-0.05, 0) is 52.4 Å². The van der Waals surface area contributed by atoms with Gasteiger partial charge in [-0.15, -0.1) is 0 Å². The quantitative estimate of drug-likeness (QED) is 0.0737. The van der Waals surface area contributed by atoms with Crippen molar-refractivity contribution in [1.82, 2.24) is 0 Å². The van der Waals surface area contributed by atoms with Gasteiger partial charge in [-0.1, -0.05) is 91.1 Å². The van der Waals surface area contributed by atoms with Crippen LogP contribution in [0.4, 0.5) is 5.69 Å². The van der Waals surface area contributed by atoms with E-state index in [0.29, 0.717) is 24.6 Å². The Morgan fingerprint density at radius 1 is 0.958 bits per heavy atom. The topological polar surface area (TPSA) is 117 Å². The summed E-state index contributed by atoms with van der Waals surface area (Å²) in [5.74, 6) is 0.883. The van der Waals surface area contributed by atoms with E-state index >= 15 is 0 Å². The van der Waals surface area contributed by atoms with Gasteiger partial charge in [0, 0.05) is 24.6 Å². The minimum atomic E-state index is -4.11. The molecule has 0 saturated heterocycles. The predicted molar refractivity (Wildman–Crippen MR) is 191 cm³/mol. The first-order chi connectivity index (χ1) is 23.2. The van der Waals surface area contributed by atoms with E-state index in [9.17, 15) is 21.7 Å². The van der Waals surface area contributed by atoms with Crippen molar-refractivity contribution in [2.24, 2.45) is 0 Å². The number of ether oxygens (including phenoxy) is 1. The number of benzene rings is 4. The minimum absolute atomic E-state index is 0.00217. The summed E-state index contributed by atoms with van der Waals surface area (Å²) in [4.78, 5) is 1.94. The number of aromatic nitrogens is 1. The summed E-state index contributed by atoms with van der Waals surface area (Å²) in [6.07, 6.45) is 4.95. The minimum Gasteiger partial charge on any atom is -0.439 e. The fraction of sp³-hybridized carbons (Fsp3) is 0.194. The molecule has 0 bridgehead atoms. The average molecular weight is 704 g/mol. The molecule has 1 aliphatic heterocycles. The Bertz CT molecular complexity index is 2110. The van der Waals surface area contributed by atoms with E-state index in [2.05, 4.69) is 41.0 Å². The molecular formula is C36H35N2O7S3+. The number of anilines is 1. The Kier molecular flexibility index (Phi) is 10.5. The monoisotopic (exact) mass is 703 g/mol. The Labute approximate surface area is 286 Å². The Morgan fingerprint density at radius 3 is 2.27 bits per heavy atom. The first-order valence-electron chi connectivity index (χ1n) is 15.5. The third-order valence-corrected chi connectivity index (χ3v) is 10.3. The van der Waals surface area contributed by atoms with Gasteiger partial charge >= 0.3 is 11.4 Å². The molecule has 6 rings (SSSR count). The molecule has 5 aromatic rings. The van der Waals surface area contributed by atoms with Crippen LogP contribution in [-0.4, -0.2) is 40.6 Å². The summed E-state index contributed by atoms with van der Waals surface area (Å²) in [5, 5.41) is 0.923. The molecule has 248 valence electrons. The summed E-state index contributed by atoms with van der Waals surface area (Å²) >= 11 is -0.793. The lowest BCUT2D eigenvalue weighted by molar-refractivity contribution is -0.668. The molecule has 0 aliphatic carbocycles. The molecule has 1 unspecified atom stereocenters. The van der Waals surface area contributed by atoms with Crippen molar-refractivity contribution in [3.8, 4) is 28.0 Å². The second kappa shape index (κ2) is 14.9. The van der Waals surface area contributed by atoms with Gasteiger partial charge in [0.2, 0.25) is 11.4 Å². The second-order valence-corrected chi connectivity index (χ2v) is 14.5. The molecular weight excluding hydrogens is 669 g/mol. The number of thiazole rings is 1. The van der Waals surface area contributed by atoms with Crippen molar-refractivity contribution in [2.75, 3.05) is 23.8 Å². The van der Waals surface area contributed by atoms with E-state index < -0.39 is 21.5 Å². The lowest BCUT2D eigenvalue weighted by atomic mass is 10.0. The third-order valence-electron chi connectivity index (χ3n) is 7.98. The zero-order valence-corrected chi connectivity index (χ0v) is 28.6. The number of hydrogen-bond donors (Lipinski definition) is 2. The van der Waals surface area contributed by atoms with Crippen molar-refractivity contribution in [1.29, 1.82) is 0 Å². The molecule has 2 heterocycles. The van der Waals surface area contributed by atoms with Crippen molar-refractivity contribution in [3.05, 3.63) is 120 Å². The first kappa shape index (κ1) is 33.7. The summed E-state index contributed by atoms with van der Waals surface area (Å²) in [7, 11) is -4.11. The van der Waals surface area contributed by atoms with Crippen LogP contribution in [0.2, 0.25) is 0 Å². The maximum atomic E-state index is 11.6. The molecule has 0 saturated carbocycles. The summed E-state index contributed by atoms with van der Waals surface area (Å²) in [6, 6.07) is 32.3. The van der Waals surface area contributed by atoms with E-state index in [-0.39, 0.29) is 25.3 Å². The molecule has 48 heavy (non-hydrogen) atoms. The van der Waals surface area contributed by atoms with E-state index in [0.717, 1.165) is 48.7 Å². The van der Waals surface area contributed by atoms with E-state index in [1.54, 1.807) is 11.3 Å². The van der Waals surface area contributed by atoms with Crippen LogP contribution >= 0.6 is 11.3 Å². The van der Waals surface area contributed by atoms with E-state index in [1.165, 1.54) is 0 Å². The number of allylic oxidation sites excluding steroid dienone is 2. The zero-order chi connectivity index (χ0) is 33.7. The Hall–Kier alpha value is -4.17. The van der Waals surface area contributed by atoms with Gasteiger partial charge in [-0.25, -0.2) is 0 Å². The molecule has 9 nitrogen and oxygen atoms in total. The van der Waals surface area contributed by atoms with E-state index in [1.807, 2.05) is 84.6 Å². The highest BCUT2D eigenvalue weighted by Crippen LogP contribution is 2.42. The van der Waals surface area contributed by atoms with Gasteiger partial charge in [-0.3, -0.25) is 13.3 Å². The Morgan fingerprint density at radius 2 is 1.62 bits per heavy atom. The van der Waals surface area contributed by atoms with Gasteiger partial charge in [0.25, 0.3) is 15.1 Å². The second-order valence-electron chi connectivity index (χ2n) is 11.2. The molecule has 0 spiro atoms. The number of aryl methyl sites for hydroxylation is 1. The highest BCUT2D eigenvalue weighted by molar-refractivity contribution is 7.85. The molecule has 1 aliphatic rings. The highest BCUT2D eigenvalue weighted by atomic mass is 32.2. The van der Waals surface area contributed by atoms with Crippen LogP contribution in [0.1, 0.15) is 24.8 Å². The number of fused-ring (bicyclic) bond motifs is 2. The van der Waals surface area contributed by atoms with Gasteiger partial charge in [0.15, 0.2) is 12.3 Å². The van der Waals surface area contributed by atoms with Gasteiger partial charge in [0.05, 0.1) is 24.6 Å². The lowest BCUT2D eigenvalue weighted by Gasteiger charge is -2.18. The molecule has 0 amide bonds. The van der Waals surface area contributed by atoms with Crippen molar-refractivity contribution < 1.29 is 35.2 Å². The van der Waals surface area contributed by atoms with Crippen LogP contribution in [0.3, 0.4) is 0 Å². The van der Waals surface area contributed by atoms with E-state index in [4.69, 9.17) is 8.92 Å². The van der Waals surface area contributed by atoms with Crippen LogP contribution in [0.25, 0.3) is 38.5 Å². The van der Waals surface area contributed by atoms with Gasteiger partial charge < -0.3 is 9.64 Å². The van der Waals surface area contributed by atoms with Crippen LogP contribution in [0, 0.1) is 0 Å². The van der Waals surface area contributed by atoms with Crippen LogP contribution < -0.4 is 14.2 Å². The van der Waals surface area contributed by atoms with Crippen LogP contribution in [0.15, 0.2) is 115 Å². The SMILES string of the molecule is CCC(=Cc1sc2ccc(-c3ccccc3)cc2[n+]1CCCS(=O)(=O)O)C=C1Oc2ccc(-c3ccccc3)cc2N1CCOS(=O)O. The summed E-state index contributed by atoms with van der Waals surface area (Å²) < 4.78 is 67.6. The number of nitrogens with zero attached hydrogens (tertiary/aromatic N) is 2. The predicted octanol–water partition coefficient (Wildman–Crippen LogP) is 7.49. The molecule has 4 aromatic carbocycles. The number of rotatable bonds is 13. The fourth-order valence-electron chi connectivity index (χ4n) is 5.67. The first-order valence-corrected chi connectivity index (χ1v) is 18.9. The van der Waals surface area contributed by atoms with Gasteiger partial charge in [0.1, 0.15) is 4.70 Å². The van der Waals surface area contributed by atoms with Crippen molar-refractivity contribution in [3.63, 3.8) is 0 Å². The molecule has 1 atom stereocenters. The average Bonchev–Trinajstić information content (AvgIpc) is 3.60. The molecule has 12 heteroatoms. The summed E-state index contributed by atoms with van der Waals surface area (Å²) in [6.45, 7) is 2.72. The van der Waals surface area contributed by atoms with Gasteiger partial charge in [-0.2, -0.15) is 17.2 Å². The smallest absolute Gasteiger partial charge is 0.301 e. The largest absolute Gasteiger partial charge is 0.439 e. The number of hydrogen-bond acceptors (Lipinski definition) is 7. The highest BCUT2D eigenvalue weighted by Gasteiger charge is 2.28. The van der Waals surface area contributed by atoms with Crippen LogP contribution in [0.5, 0.6) is 5.75 Å². The lowest BCUT2D eigenvalue weighted by Crippen LogP contribution is -2.36. The fourth-order valence-corrected chi connectivity index (χ4v) is 7.52. The molecule has 1 aromatic heterocycles. The Balaban J connectivity index is 1.39. The molecule has 0 fully saturated rings. The third kappa shape index (κ3) is 8.09. The standard InChI is InChI=1S/C36H34N2O7S3/c1-2-26(22-35-37(19-20-44-47(39)40)31-24-29(14-16-33(31)45-35)27-10-5-3-6-11-27)23-36-38(18-9-21-48(41,42)43)32-25-30(15-17-34(32)46-36)28-12-7-4-8-13-28/h3-8,10-17,22-25H,2,9,18-21H2,1H3,(H-,39,40,41,42,43)/p+1. The zero-order valence-electron chi connectivity index (χ0n) is 26.2. The summed E-state index contributed by atoms with van der Waals surface area (Å²) in [5.41, 5.74) is 6.93. The normalized spacial score (nSPS) is 14.8.